The molecule has 0 amide bonds. The minimum absolute atomic E-state index is 0.203. The monoisotopic (exact) mass is 462 g/mol. The topological polar surface area (TPSA) is 77.4 Å². The SMILES string of the molecule is O=C(O)CCC[P+](c1ccccc1)(c1ccccc1)c1ccccc1.O=C([O-])C(F)(F)F. The standard InChI is InChI=1S/C22H21O2P.C2HF3O2/c23-22(24)17-10-18-25(19-11-4-1-5-12-19,20-13-6-2-7-14-20)21-15-8-3-9-16-21;3-2(4,5)1(6)7/h1-9,11-16H,10,17-18H2;(H,6,7). The van der Waals surface area contributed by atoms with Gasteiger partial charge in [0.2, 0.25) is 0 Å². The molecule has 0 aromatic heterocycles. The number of carbonyl (C=O) groups is 2. The van der Waals surface area contributed by atoms with Crippen LogP contribution in [0.4, 0.5) is 13.2 Å². The van der Waals surface area contributed by atoms with Gasteiger partial charge in [0.1, 0.15) is 29.1 Å². The van der Waals surface area contributed by atoms with Crippen LogP contribution in [0.3, 0.4) is 0 Å². The summed E-state index contributed by atoms with van der Waals surface area (Å²) in [6.45, 7) is 0. The quantitative estimate of drug-likeness (QED) is 0.548. The van der Waals surface area contributed by atoms with E-state index < -0.39 is 25.4 Å². The van der Waals surface area contributed by atoms with Crippen molar-refractivity contribution in [3.05, 3.63) is 91.0 Å². The molecule has 0 saturated carbocycles. The van der Waals surface area contributed by atoms with Gasteiger partial charge in [-0.25, -0.2) is 0 Å². The number of carboxylic acid groups (broad SMARTS) is 2. The first kappa shape index (κ1) is 25.1. The van der Waals surface area contributed by atoms with Gasteiger partial charge in [0.05, 0.1) is 6.16 Å². The summed E-state index contributed by atoms with van der Waals surface area (Å²) in [7, 11) is -1.87. The summed E-state index contributed by atoms with van der Waals surface area (Å²) in [6.07, 6.45) is -3.46. The minimum atomic E-state index is -5.19. The molecule has 0 unspecified atom stereocenters. The molecule has 0 aliphatic rings. The third-order valence-corrected chi connectivity index (χ3v) is 9.23. The number of aliphatic carboxylic acids is 2. The van der Waals surface area contributed by atoms with Gasteiger partial charge in [-0.2, -0.15) is 13.2 Å². The van der Waals surface area contributed by atoms with Gasteiger partial charge in [-0.15, -0.1) is 0 Å². The number of carbonyl (C=O) groups excluding carboxylic acids is 1. The predicted molar refractivity (Wildman–Crippen MR) is 118 cm³/mol. The fourth-order valence-corrected chi connectivity index (χ4v) is 7.69. The average Bonchev–Trinajstić information content (AvgIpc) is 2.78. The highest BCUT2D eigenvalue weighted by molar-refractivity contribution is 7.95. The lowest BCUT2D eigenvalue weighted by atomic mass is 10.3. The summed E-state index contributed by atoms with van der Waals surface area (Å²) in [5, 5.41) is 21.8. The number of benzene rings is 3. The van der Waals surface area contributed by atoms with Crippen molar-refractivity contribution >= 4 is 35.1 Å². The molecule has 0 saturated heterocycles. The molecule has 0 aliphatic heterocycles. The molecule has 0 atom stereocenters. The first-order valence-electron chi connectivity index (χ1n) is 9.73. The summed E-state index contributed by atoms with van der Waals surface area (Å²) in [6, 6.07) is 31.7. The highest BCUT2D eigenvalue weighted by Gasteiger charge is 2.44. The molecule has 0 spiro atoms. The van der Waals surface area contributed by atoms with Crippen molar-refractivity contribution in [1.29, 1.82) is 0 Å². The predicted octanol–water partition coefficient (Wildman–Crippen LogP) is 3.14. The lowest BCUT2D eigenvalue weighted by Crippen LogP contribution is -2.37. The van der Waals surface area contributed by atoms with Crippen LogP contribution >= 0.6 is 7.26 Å². The summed E-state index contributed by atoms with van der Waals surface area (Å²) in [5.74, 6) is -3.74. The second-order valence-corrected chi connectivity index (χ2v) is 10.4. The second kappa shape index (κ2) is 11.4. The van der Waals surface area contributed by atoms with E-state index in [-0.39, 0.29) is 6.42 Å². The van der Waals surface area contributed by atoms with E-state index in [2.05, 4.69) is 72.8 Å². The molecule has 3 rings (SSSR count). The van der Waals surface area contributed by atoms with Crippen LogP contribution in [0.15, 0.2) is 91.0 Å². The van der Waals surface area contributed by atoms with E-state index in [4.69, 9.17) is 15.0 Å². The Kier molecular flexibility index (Phi) is 8.97. The maximum absolute atomic E-state index is 11.1. The smallest absolute Gasteiger partial charge is 0.430 e. The van der Waals surface area contributed by atoms with Crippen molar-refractivity contribution in [1.82, 2.24) is 0 Å². The molecule has 3 aromatic rings. The van der Waals surface area contributed by atoms with Gasteiger partial charge >= 0.3 is 12.1 Å². The Balaban J connectivity index is 0.000000451. The van der Waals surface area contributed by atoms with Gasteiger partial charge < -0.3 is 15.0 Å². The van der Waals surface area contributed by atoms with E-state index in [1.807, 2.05) is 18.2 Å². The van der Waals surface area contributed by atoms with Gasteiger partial charge in [0.15, 0.2) is 0 Å². The first-order valence-corrected chi connectivity index (χ1v) is 11.7. The van der Waals surface area contributed by atoms with Crippen LogP contribution in [-0.4, -0.2) is 29.4 Å². The number of rotatable bonds is 7. The van der Waals surface area contributed by atoms with Crippen molar-refractivity contribution in [2.45, 2.75) is 19.0 Å². The average molecular weight is 462 g/mol. The van der Waals surface area contributed by atoms with Crippen LogP contribution in [0.2, 0.25) is 0 Å². The molecule has 4 nitrogen and oxygen atoms in total. The molecule has 0 aliphatic carbocycles. The zero-order valence-corrected chi connectivity index (χ0v) is 17.9. The minimum Gasteiger partial charge on any atom is -0.542 e. The Morgan fingerprint density at radius 1 is 0.750 bits per heavy atom. The normalized spacial score (nSPS) is 11.2. The Morgan fingerprint density at radius 3 is 1.31 bits per heavy atom. The highest BCUT2D eigenvalue weighted by Crippen LogP contribution is 2.55. The molecule has 1 N–H and O–H groups in total. The first-order chi connectivity index (χ1) is 15.2. The van der Waals surface area contributed by atoms with E-state index in [1.54, 1.807) is 0 Å². The summed E-state index contributed by atoms with van der Waals surface area (Å²) in [4.78, 5) is 19.9. The molecular weight excluding hydrogens is 440 g/mol. The van der Waals surface area contributed by atoms with E-state index in [0.29, 0.717) is 6.42 Å². The lowest BCUT2D eigenvalue weighted by Gasteiger charge is -2.27. The van der Waals surface area contributed by atoms with Crippen molar-refractivity contribution in [3.63, 3.8) is 0 Å². The van der Waals surface area contributed by atoms with Crippen molar-refractivity contribution < 1.29 is 33.0 Å². The Labute approximate surface area is 184 Å². The zero-order chi connectivity index (χ0) is 23.6. The van der Waals surface area contributed by atoms with Gasteiger partial charge in [0.25, 0.3) is 0 Å². The number of alkyl halides is 3. The molecule has 32 heavy (non-hydrogen) atoms. The molecule has 8 heteroatoms. The summed E-state index contributed by atoms with van der Waals surface area (Å²) in [5.41, 5.74) is 0. The molecule has 0 heterocycles. The molecule has 0 radical (unpaired) electrons. The van der Waals surface area contributed by atoms with Crippen LogP contribution in [0.1, 0.15) is 12.8 Å². The van der Waals surface area contributed by atoms with Crippen LogP contribution in [0.5, 0.6) is 0 Å². The van der Waals surface area contributed by atoms with Crippen LogP contribution < -0.4 is 21.0 Å². The van der Waals surface area contributed by atoms with Gasteiger partial charge in [0, 0.05) is 6.42 Å². The Bertz CT molecular complexity index is 897. The van der Waals surface area contributed by atoms with Crippen molar-refractivity contribution in [2.75, 3.05) is 6.16 Å². The maximum Gasteiger partial charge on any atom is 0.430 e. The highest BCUT2D eigenvalue weighted by atomic mass is 31.2. The van der Waals surface area contributed by atoms with E-state index in [0.717, 1.165) is 6.16 Å². The van der Waals surface area contributed by atoms with Crippen molar-refractivity contribution in [2.24, 2.45) is 0 Å². The summed E-state index contributed by atoms with van der Waals surface area (Å²) >= 11 is 0. The lowest BCUT2D eigenvalue weighted by molar-refractivity contribution is -0.344. The van der Waals surface area contributed by atoms with Crippen LogP contribution in [0, 0.1) is 0 Å². The second-order valence-electron chi connectivity index (χ2n) is 6.82. The van der Waals surface area contributed by atoms with E-state index in [9.17, 15) is 18.0 Å². The summed E-state index contributed by atoms with van der Waals surface area (Å²) < 4.78 is 31.5. The third-order valence-electron chi connectivity index (χ3n) is 4.71. The fourth-order valence-electron chi connectivity index (χ4n) is 3.35. The van der Waals surface area contributed by atoms with E-state index in [1.165, 1.54) is 15.9 Å². The number of hydrogen-bond acceptors (Lipinski definition) is 3. The molecular formula is C24H22F3O4P. The third kappa shape index (κ3) is 6.66. The maximum atomic E-state index is 11.1. The Hall–Kier alpha value is -3.18. The van der Waals surface area contributed by atoms with Gasteiger partial charge in [-0.05, 0) is 42.8 Å². The van der Waals surface area contributed by atoms with Crippen molar-refractivity contribution in [3.8, 4) is 0 Å². The largest absolute Gasteiger partial charge is 0.542 e. The van der Waals surface area contributed by atoms with Crippen LogP contribution in [0.25, 0.3) is 0 Å². The van der Waals surface area contributed by atoms with Crippen LogP contribution in [-0.2, 0) is 9.59 Å². The Morgan fingerprint density at radius 2 is 1.06 bits per heavy atom. The number of hydrogen-bond donors (Lipinski definition) is 1. The van der Waals surface area contributed by atoms with E-state index >= 15 is 0 Å². The molecule has 3 aromatic carbocycles. The molecule has 0 bridgehead atoms. The molecule has 168 valence electrons. The zero-order valence-electron chi connectivity index (χ0n) is 17.0. The number of halogens is 3. The van der Waals surface area contributed by atoms with Gasteiger partial charge in [-0.1, -0.05) is 54.6 Å². The number of carboxylic acids is 2. The van der Waals surface area contributed by atoms with Gasteiger partial charge in [-0.3, -0.25) is 4.79 Å². The molecule has 0 fully saturated rings. The fraction of sp³-hybridized carbons (Fsp3) is 0.167.